The van der Waals surface area contributed by atoms with Gasteiger partial charge in [-0.25, -0.2) is 24.1 Å². The fourth-order valence-corrected chi connectivity index (χ4v) is 3.36. The van der Waals surface area contributed by atoms with Crippen LogP contribution in [-0.4, -0.2) is 39.0 Å². The Morgan fingerprint density at radius 3 is 2.69 bits per heavy atom. The number of carbonyl (C=O) groups is 1. The van der Waals surface area contributed by atoms with E-state index in [-0.39, 0.29) is 27.4 Å². The van der Waals surface area contributed by atoms with E-state index >= 15 is 0 Å². The molecule has 1 aromatic carbocycles. The van der Waals surface area contributed by atoms with Crippen LogP contribution in [0.15, 0.2) is 30.6 Å². The molecule has 150 valence electrons. The Balaban J connectivity index is 1.62. The molecule has 1 aliphatic rings. The number of nitrogens with one attached hydrogen (secondary N) is 1. The Labute approximate surface area is 175 Å². The number of anilines is 2. The number of carbonyl (C=O) groups excluding carboxylic acids is 1. The number of fused-ring (bicyclic) bond motifs is 1. The van der Waals surface area contributed by atoms with Crippen LogP contribution in [0.4, 0.5) is 20.7 Å². The lowest BCUT2D eigenvalue weighted by atomic mass is 10.1. The van der Waals surface area contributed by atoms with Crippen LogP contribution in [0.2, 0.25) is 10.0 Å². The molecule has 3 aromatic rings. The highest BCUT2D eigenvalue weighted by Gasteiger charge is 2.20. The maximum absolute atomic E-state index is 14.4. The number of benzene rings is 1. The fourth-order valence-electron chi connectivity index (χ4n) is 3.05. The first-order chi connectivity index (χ1) is 14.0. The molecule has 1 amide bonds. The number of nitrogens with zero attached hydrogens (tertiary/aromatic N) is 4. The third-order valence-corrected chi connectivity index (χ3v) is 5.33. The molecule has 0 bridgehead atoms. The van der Waals surface area contributed by atoms with Crippen molar-refractivity contribution in [2.75, 3.05) is 18.4 Å². The Morgan fingerprint density at radius 2 is 1.90 bits per heavy atom. The van der Waals surface area contributed by atoms with Crippen molar-refractivity contribution in [1.82, 2.24) is 19.9 Å². The van der Waals surface area contributed by atoms with Crippen molar-refractivity contribution in [3.63, 3.8) is 0 Å². The van der Waals surface area contributed by atoms with Gasteiger partial charge >= 0.3 is 6.09 Å². The first kappa shape index (κ1) is 19.6. The van der Waals surface area contributed by atoms with Crippen molar-refractivity contribution in [1.29, 1.82) is 0 Å². The molecule has 10 heteroatoms. The second-order valence-electron chi connectivity index (χ2n) is 6.50. The van der Waals surface area contributed by atoms with E-state index in [1.807, 2.05) is 0 Å². The first-order valence-electron chi connectivity index (χ1n) is 9.02. The minimum Gasteiger partial charge on any atom is -0.391 e. The van der Waals surface area contributed by atoms with Crippen LogP contribution in [0.3, 0.4) is 0 Å². The van der Waals surface area contributed by atoms with E-state index in [4.69, 9.17) is 27.9 Å². The van der Waals surface area contributed by atoms with Gasteiger partial charge in [-0.1, -0.05) is 23.2 Å². The topological polar surface area (TPSA) is 80.2 Å². The van der Waals surface area contributed by atoms with Gasteiger partial charge in [-0.3, -0.25) is 0 Å². The first-order valence-corrected chi connectivity index (χ1v) is 9.77. The van der Waals surface area contributed by atoms with Crippen LogP contribution in [0.1, 0.15) is 19.3 Å². The van der Waals surface area contributed by atoms with E-state index in [1.54, 1.807) is 17.0 Å². The largest absolute Gasteiger partial charge is 0.416 e. The number of hydrogen-bond acceptors (Lipinski definition) is 6. The molecule has 1 aliphatic heterocycles. The highest BCUT2D eigenvalue weighted by molar-refractivity contribution is 6.42. The van der Waals surface area contributed by atoms with Crippen LogP contribution in [-0.2, 0) is 0 Å². The second-order valence-corrected chi connectivity index (χ2v) is 7.29. The minimum absolute atomic E-state index is 0.0805. The SMILES string of the molecule is O=C(Oc1ccc2ncnc(Nc3ccc(Cl)c(Cl)c3F)c2n1)N1CCCCC1. The van der Waals surface area contributed by atoms with Gasteiger partial charge in [-0.2, -0.15) is 0 Å². The summed E-state index contributed by atoms with van der Waals surface area (Å²) in [7, 11) is 0. The standard InChI is InChI=1S/C19H16Cl2FN5O2/c20-11-4-5-12(16(22)15(11)21)25-18-17-13(23-10-24-18)6-7-14(26-17)29-19(28)27-8-2-1-3-9-27/h4-7,10H,1-3,8-9H2,(H,23,24,25). The normalized spacial score (nSPS) is 14.1. The van der Waals surface area contributed by atoms with Gasteiger partial charge in [0.2, 0.25) is 5.88 Å². The van der Waals surface area contributed by atoms with Gasteiger partial charge in [0.15, 0.2) is 11.6 Å². The van der Waals surface area contributed by atoms with Crippen molar-refractivity contribution in [2.45, 2.75) is 19.3 Å². The van der Waals surface area contributed by atoms with Crippen molar-refractivity contribution in [3.8, 4) is 5.88 Å². The van der Waals surface area contributed by atoms with Crippen LogP contribution in [0.25, 0.3) is 11.0 Å². The van der Waals surface area contributed by atoms with Crippen LogP contribution in [0, 0.1) is 5.82 Å². The summed E-state index contributed by atoms with van der Waals surface area (Å²) in [6, 6.07) is 6.12. The molecule has 1 N–H and O–H groups in total. The Hall–Kier alpha value is -2.71. The lowest BCUT2D eigenvalue weighted by molar-refractivity contribution is 0.141. The molecule has 1 saturated heterocycles. The number of aromatic nitrogens is 3. The molecule has 29 heavy (non-hydrogen) atoms. The Morgan fingerprint density at radius 1 is 1.10 bits per heavy atom. The highest BCUT2D eigenvalue weighted by atomic mass is 35.5. The maximum Gasteiger partial charge on any atom is 0.416 e. The zero-order valence-electron chi connectivity index (χ0n) is 15.2. The molecule has 3 heterocycles. The summed E-state index contributed by atoms with van der Waals surface area (Å²) in [5.74, 6) is -0.359. The zero-order valence-corrected chi connectivity index (χ0v) is 16.7. The third-order valence-electron chi connectivity index (χ3n) is 4.55. The lowest BCUT2D eigenvalue weighted by Gasteiger charge is -2.25. The number of rotatable bonds is 3. The molecule has 4 rings (SSSR count). The summed E-state index contributed by atoms with van der Waals surface area (Å²) in [5.41, 5.74) is 0.902. The molecule has 0 spiro atoms. The molecule has 0 unspecified atom stereocenters. The summed E-state index contributed by atoms with van der Waals surface area (Å²) in [4.78, 5) is 26.6. The number of pyridine rings is 1. The molecule has 0 radical (unpaired) electrons. The average Bonchev–Trinajstić information content (AvgIpc) is 2.75. The van der Waals surface area contributed by atoms with E-state index in [0.29, 0.717) is 24.1 Å². The summed E-state index contributed by atoms with van der Waals surface area (Å²) in [5, 5.41) is 2.75. The van der Waals surface area contributed by atoms with Gasteiger partial charge in [-0.05, 0) is 37.5 Å². The van der Waals surface area contributed by atoms with E-state index in [0.717, 1.165) is 19.3 Å². The fraction of sp³-hybridized carbons (Fsp3) is 0.263. The van der Waals surface area contributed by atoms with Gasteiger partial charge < -0.3 is 15.0 Å². The molecule has 0 aliphatic carbocycles. The van der Waals surface area contributed by atoms with E-state index in [9.17, 15) is 9.18 Å². The molecule has 2 aromatic heterocycles. The van der Waals surface area contributed by atoms with Crippen LogP contribution in [0.5, 0.6) is 5.88 Å². The van der Waals surface area contributed by atoms with Crippen molar-refractivity contribution in [2.24, 2.45) is 0 Å². The molecule has 1 fully saturated rings. The smallest absolute Gasteiger partial charge is 0.391 e. The number of amides is 1. The number of ether oxygens (including phenoxy) is 1. The minimum atomic E-state index is -0.710. The molecular weight excluding hydrogens is 420 g/mol. The maximum atomic E-state index is 14.4. The molecule has 0 atom stereocenters. The van der Waals surface area contributed by atoms with Crippen LogP contribution < -0.4 is 10.1 Å². The number of halogens is 3. The molecule has 0 saturated carbocycles. The monoisotopic (exact) mass is 435 g/mol. The highest BCUT2D eigenvalue weighted by Crippen LogP contribution is 2.32. The second kappa shape index (κ2) is 8.34. The summed E-state index contributed by atoms with van der Waals surface area (Å²) in [6.07, 6.45) is 3.89. The van der Waals surface area contributed by atoms with E-state index in [2.05, 4.69) is 20.3 Å². The van der Waals surface area contributed by atoms with Gasteiger partial charge in [0, 0.05) is 19.2 Å². The van der Waals surface area contributed by atoms with Crippen molar-refractivity contribution >= 4 is 51.8 Å². The summed E-state index contributed by atoms with van der Waals surface area (Å²) < 4.78 is 19.8. The van der Waals surface area contributed by atoms with Gasteiger partial charge in [0.05, 0.1) is 21.2 Å². The van der Waals surface area contributed by atoms with Gasteiger partial charge in [-0.15, -0.1) is 0 Å². The van der Waals surface area contributed by atoms with E-state index in [1.165, 1.54) is 18.5 Å². The van der Waals surface area contributed by atoms with Crippen molar-refractivity contribution < 1.29 is 13.9 Å². The summed E-state index contributed by atoms with van der Waals surface area (Å²) >= 11 is 11.7. The number of hydrogen-bond donors (Lipinski definition) is 1. The Bertz CT molecular complexity index is 1080. The lowest BCUT2D eigenvalue weighted by Crippen LogP contribution is -2.37. The third kappa shape index (κ3) is 4.18. The number of likely N-dealkylation sites (tertiary alicyclic amines) is 1. The predicted octanol–water partition coefficient (Wildman–Crippen LogP) is 5.20. The molecular formula is C19H16Cl2FN5O2. The quantitative estimate of drug-likeness (QED) is 0.569. The predicted molar refractivity (Wildman–Crippen MR) is 108 cm³/mol. The van der Waals surface area contributed by atoms with E-state index < -0.39 is 11.9 Å². The average molecular weight is 436 g/mol. The zero-order chi connectivity index (χ0) is 20.4. The molecule has 7 nitrogen and oxygen atoms in total. The summed E-state index contributed by atoms with van der Waals surface area (Å²) in [6.45, 7) is 1.33. The van der Waals surface area contributed by atoms with Crippen LogP contribution >= 0.6 is 23.2 Å². The van der Waals surface area contributed by atoms with Gasteiger partial charge in [0.25, 0.3) is 0 Å². The number of piperidine rings is 1. The van der Waals surface area contributed by atoms with Crippen molar-refractivity contribution in [3.05, 3.63) is 46.5 Å². The Kier molecular flexibility index (Phi) is 5.64. The van der Waals surface area contributed by atoms with Gasteiger partial charge in [0.1, 0.15) is 11.8 Å².